The second kappa shape index (κ2) is 10.4. The fraction of sp³-hybridized carbons (Fsp3) is 0.125. The first kappa shape index (κ1) is 24.5. The number of aromatic nitrogens is 4. The summed E-state index contributed by atoms with van der Waals surface area (Å²) >= 11 is 8.64. The molecule has 13 heteroatoms. The number of nitrogens with one attached hydrogen (secondary N) is 1. The third-order valence-corrected chi connectivity index (χ3v) is 7.33. The molecule has 0 fully saturated rings. The van der Waals surface area contributed by atoms with Gasteiger partial charge in [-0.3, -0.25) is 9.59 Å². The zero-order valence-corrected chi connectivity index (χ0v) is 21.6. The van der Waals surface area contributed by atoms with Crippen molar-refractivity contribution in [3.8, 4) is 23.2 Å². The summed E-state index contributed by atoms with van der Waals surface area (Å²) in [5.41, 5.74) is 0.972. The van der Waals surface area contributed by atoms with E-state index >= 15 is 0 Å². The first-order valence-corrected chi connectivity index (χ1v) is 12.8. The maximum absolute atomic E-state index is 13.4. The van der Waals surface area contributed by atoms with Gasteiger partial charge in [0.2, 0.25) is 0 Å². The molecule has 0 spiro atoms. The number of furan rings is 1. The van der Waals surface area contributed by atoms with Crippen LogP contribution in [0.15, 0.2) is 63.6 Å². The molecule has 0 radical (unpaired) electrons. The summed E-state index contributed by atoms with van der Waals surface area (Å²) < 4.78 is 14.1. The number of nitriles is 1. The summed E-state index contributed by atoms with van der Waals surface area (Å²) in [5.74, 6) is 0.0151. The van der Waals surface area contributed by atoms with Gasteiger partial charge in [-0.15, -0.1) is 22.7 Å². The number of carbonyl (C=O) groups is 1. The van der Waals surface area contributed by atoms with Crippen molar-refractivity contribution in [3.63, 3.8) is 0 Å². The highest BCUT2D eigenvalue weighted by Gasteiger charge is 2.28. The number of hydrogen-bond donors (Lipinski definition) is 1. The number of thiazole rings is 1. The molecule has 5 aromatic heterocycles. The van der Waals surface area contributed by atoms with Crippen molar-refractivity contribution < 1.29 is 13.9 Å². The van der Waals surface area contributed by atoms with Crippen LogP contribution in [0.3, 0.4) is 0 Å². The van der Waals surface area contributed by atoms with E-state index in [0.29, 0.717) is 16.6 Å². The SMILES string of the molecule is COc1c(-c2cc(C#N)cc(=O)n2Cc2ccoc2)nn(C(=O)c2nccs2)c1NCc1ccc(Cl)s1. The Bertz CT molecular complexity index is 1660. The molecular formula is C24H17ClN6O4S2. The molecule has 5 heterocycles. The molecule has 0 aliphatic rings. The van der Waals surface area contributed by atoms with Crippen molar-refractivity contribution in [1.29, 1.82) is 5.26 Å². The van der Waals surface area contributed by atoms with Crippen LogP contribution < -0.4 is 15.6 Å². The van der Waals surface area contributed by atoms with Gasteiger partial charge in [0.15, 0.2) is 22.3 Å². The lowest BCUT2D eigenvalue weighted by molar-refractivity contribution is 0.0947. The summed E-state index contributed by atoms with van der Waals surface area (Å²) in [6.45, 7) is 0.493. The molecule has 0 bridgehead atoms. The summed E-state index contributed by atoms with van der Waals surface area (Å²) in [6.07, 6.45) is 4.55. The first-order valence-electron chi connectivity index (χ1n) is 10.7. The number of rotatable bonds is 8. The summed E-state index contributed by atoms with van der Waals surface area (Å²) in [5, 5.41) is 19.2. The quantitative estimate of drug-likeness (QED) is 0.293. The van der Waals surface area contributed by atoms with Crippen LogP contribution in [0.5, 0.6) is 5.75 Å². The highest BCUT2D eigenvalue weighted by molar-refractivity contribution is 7.16. The molecule has 0 aliphatic carbocycles. The van der Waals surface area contributed by atoms with Gasteiger partial charge in [0.25, 0.3) is 5.56 Å². The Hall–Kier alpha value is -4.18. The fourth-order valence-corrected chi connectivity index (χ4v) is 5.28. The van der Waals surface area contributed by atoms with Crippen LogP contribution in [0.4, 0.5) is 5.82 Å². The Labute approximate surface area is 222 Å². The van der Waals surface area contributed by atoms with Crippen LogP contribution in [-0.2, 0) is 13.1 Å². The zero-order chi connectivity index (χ0) is 25.9. The van der Waals surface area contributed by atoms with E-state index in [1.54, 1.807) is 17.5 Å². The number of nitrogens with zero attached hydrogens (tertiary/aromatic N) is 5. The molecule has 5 rings (SSSR count). The lowest BCUT2D eigenvalue weighted by atomic mass is 10.1. The van der Waals surface area contributed by atoms with Gasteiger partial charge in [-0.1, -0.05) is 11.6 Å². The Morgan fingerprint density at radius 3 is 2.84 bits per heavy atom. The Morgan fingerprint density at radius 2 is 2.19 bits per heavy atom. The Kier molecular flexibility index (Phi) is 6.91. The standard InChI is InChI=1S/C24H17ClN6O4S2/c1-34-21-20(17-8-15(10-26)9-19(32)30(17)12-14-4-6-35-13-14)29-31(24(33)23-27-5-7-36-23)22(21)28-11-16-2-3-18(25)37-16/h2-9,13,28H,11-12H2,1H3. The molecule has 1 N–H and O–H groups in total. The van der Waals surface area contributed by atoms with E-state index in [9.17, 15) is 14.9 Å². The van der Waals surface area contributed by atoms with Crippen LogP contribution >= 0.6 is 34.3 Å². The van der Waals surface area contributed by atoms with Crippen molar-refractivity contribution >= 4 is 46.0 Å². The Balaban J connectivity index is 1.68. The normalized spacial score (nSPS) is 10.8. The topological polar surface area (TPSA) is 128 Å². The number of hydrogen-bond acceptors (Lipinski definition) is 10. The summed E-state index contributed by atoms with van der Waals surface area (Å²) in [7, 11) is 1.44. The average molecular weight is 553 g/mol. The predicted octanol–water partition coefficient (Wildman–Crippen LogP) is 4.71. The highest BCUT2D eigenvalue weighted by atomic mass is 35.5. The van der Waals surface area contributed by atoms with Crippen molar-refractivity contribution in [1.82, 2.24) is 19.3 Å². The van der Waals surface area contributed by atoms with Gasteiger partial charge in [-0.25, -0.2) is 4.98 Å². The van der Waals surface area contributed by atoms with E-state index in [2.05, 4.69) is 15.4 Å². The minimum atomic E-state index is -0.480. The second-order valence-electron chi connectivity index (χ2n) is 7.64. The molecule has 10 nitrogen and oxygen atoms in total. The fourth-order valence-electron chi connectivity index (χ4n) is 3.69. The van der Waals surface area contributed by atoms with Crippen molar-refractivity contribution in [2.24, 2.45) is 0 Å². The van der Waals surface area contributed by atoms with Gasteiger partial charge >= 0.3 is 5.91 Å². The first-order chi connectivity index (χ1) is 18.0. The number of carbonyl (C=O) groups excluding carboxylic acids is 1. The number of anilines is 1. The molecule has 37 heavy (non-hydrogen) atoms. The van der Waals surface area contributed by atoms with Crippen LogP contribution in [-0.4, -0.2) is 32.3 Å². The molecule has 186 valence electrons. The molecule has 0 aliphatic heterocycles. The average Bonchev–Trinajstić information content (AvgIpc) is 3.71. The largest absolute Gasteiger partial charge is 0.491 e. The van der Waals surface area contributed by atoms with E-state index in [4.69, 9.17) is 20.8 Å². The lowest BCUT2D eigenvalue weighted by Gasteiger charge is -2.12. The second-order valence-corrected chi connectivity index (χ2v) is 10.3. The minimum Gasteiger partial charge on any atom is -0.491 e. The molecule has 0 saturated carbocycles. The van der Waals surface area contributed by atoms with Gasteiger partial charge in [-0.05, 0) is 24.3 Å². The monoisotopic (exact) mass is 552 g/mol. The molecule has 0 saturated heterocycles. The third-order valence-electron chi connectivity index (χ3n) is 5.33. The molecule has 5 aromatic rings. The minimum absolute atomic E-state index is 0.147. The van der Waals surface area contributed by atoms with E-state index < -0.39 is 11.5 Å². The number of thiophene rings is 1. The van der Waals surface area contributed by atoms with Crippen molar-refractivity contribution in [3.05, 3.63) is 90.1 Å². The Morgan fingerprint density at radius 1 is 1.32 bits per heavy atom. The van der Waals surface area contributed by atoms with Crippen molar-refractivity contribution in [2.75, 3.05) is 12.4 Å². The number of ether oxygens (including phenoxy) is 1. The van der Waals surface area contributed by atoms with Gasteiger partial charge in [0, 0.05) is 28.1 Å². The molecule has 0 amide bonds. The zero-order valence-electron chi connectivity index (χ0n) is 19.2. The summed E-state index contributed by atoms with van der Waals surface area (Å²) in [4.78, 5) is 31.5. The van der Waals surface area contributed by atoms with E-state index in [1.807, 2.05) is 12.1 Å². The maximum Gasteiger partial charge on any atom is 0.309 e. The maximum atomic E-state index is 13.4. The van der Waals surface area contributed by atoms with E-state index in [-0.39, 0.29) is 34.4 Å². The van der Waals surface area contributed by atoms with Crippen LogP contribution in [0.1, 0.15) is 25.8 Å². The molecule has 0 unspecified atom stereocenters. The van der Waals surface area contributed by atoms with Crippen LogP contribution in [0.2, 0.25) is 4.34 Å². The molecule has 0 atom stereocenters. The predicted molar refractivity (Wildman–Crippen MR) is 139 cm³/mol. The van der Waals surface area contributed by atoms with E-state index in [1.165, 1.54) is 65.2 Å². The van der Waals surface area contributed by atoms with Crippen molar-refractivity contribution in [2.45, 2.75) is 13.1 Å². The number of pyridine rings is 1. The van der Waals surface area contributed by atoms with Gasteiger partial charge in [0.05, 0.1) is 54.4 Å². The van der Waals surface area contributed by atoms with E-state index in [0.717, 1.165) is 15.1 Å². The number of methoxy groups -OCH3 is 1. The molecular weight excluding hydrogens is 536 g/mol. The highest BCUT2D eigenvalue weighted by Crippen LogP contribution is 2.37. The summed E-state index contributed by atoms with van der Waals surface area (Å²) in [6, 6.07) is 10.2. The third kappa shape index (κ3) is 4.92. The van der Waals surface area contributed by atoms with Gasteiger partial charge in [0.1, 0.15) is 0 Å². The van der Waals surface area contributed by atoms with Crippen LogP contribution in [0, 0.1) is 11.3 Å². The number of halogens is 1. The smallest absolute Gasteiger partial charge is 0.309 e. The van der Waals surface area contributed by atoms with Gasteiger partial charge in [-0.2, -0.15) is 15.0 Å². The molecule has 0 aromatic carbocycles. The van der Waals surface area contributed by atoms with Gasteiger partial charge < -0.3 is 19.0 Å². The van der Waals surface area contributed by atoms with Crippen LogP contribution in [0.25, 0.3) is 11.4 Å². The lowest BCUT2D eigenvalue weighted by Crippen LogP contribution is -2.22.